The van der Waals surface area contributed by atoms with Crippen LogP contribution in [0.1, 0.15) is 36.0 Å². The summed E-state index contributed by atoms with van der Waals surface area (Å²) in [5, 5.41) is 10.2. The minimum atomic E-state index is -0.757. The molecule has 22 heavy (non-hydrogen) atoms. The van der Waals surface area contributed by atoms with Crippen molar-refractivity contribution >= 4 is 5.97 Å². The molecule has 1 aromatic carbocycles. The van der Waals surface area contributed by atoms with E-state index in [2.05, 4.69) is 4.98 Å². The van der Waals surface area contributed by atoms with Gasteiger partial charge < -0.3 is 9.84 Å². The molecule has 1 aromatic heterocycles. The van der Waals surface area contributed by atoms with Gasteiger partial charge in [-0.2, -0.15) is 0 Å². The number of aromatic nitrogens is 1. The summed E-state index contributed by atoms with van der Waals surface area (Å²) in [5.74, 6) is -1.07. The summed E-state index contributed by atoms with van der Waals surface area (Å²) in [6, 6.07) is 11.2. The first-order valence-electron chi connectivity index (χ1n) is 7.42. The van der Waals surface area contributed by atoms with E-state index in [1.54, 1.807) is 24.5 Å². The van der Waals surface area contributed by atoms with E-state index in [9.17, 15) is 9.90 Å². The van der Waals surface area contributed by atoms with Crippen molar-refractivity contribution in [2.45, 2.75) is 38.9 Å². The lowest BCUT2D eigenvalue weighted by atomic mass is 9.91. The average molecular weight is 299 g/mol. The number of carbonyl (C=O) groups is 1. The number of aliphatic hydroxyl groups excluding tert-OH is 1. The summed E-state index contributed by atoms with van der Waals surface area (Å²) in [6.07, 6.45) is 3.04. The summed E-state index contributed by atoms with van der Waals surface area (Å²) in [5.41, 5.74) is 2.76. The number of nitrogens with zero attached hydrogens (tertiary/aromatic N) is 1. The van der Waals surface area contributed by atoms with Crippen molar-refractivity contribution < 1.29 is 14.6 Å². The number of rotatable bonds is 6. The molecular formula is C18H21NO3. The Morgan fingerprint density at radius 2 is 1.82 bits per heavy atom. The van der Waals surface area contributed by atoms with Gasteiger partial charge in [-0.15, -0.1) is 0 Å². The summed E-state index contributed by atoms with van der Waals surface area (Å²) in [4.78, 5) is 16.3. The summed E-state index contributed by atoms with van der Waals surface area (Å²) in [7, 11) is 0. The van der Waals surface area contributed by atoms with E-state index < -0.39 is 18.0 Å². The molecule has 1 heterocycles. The van der Waals surface area contributed by atoms with E-state index in [0.717, 1.165) is 16.7 Å². The number of aryl methyl sites for hydroxylation is 1. The lowest BCUT2D eigenvalue weighted by Crippen LogP contribution is -2.27. The molecule has 4 heteroatoms. The van der Waals surface area contributed by atoms with Crippen molar-refractivity contribution in [3.8, 4) is 0 Å². The molecule has 0 aliphatic rings. The van der Waals surface area contributed by atoms with Gasteiger partial charge in [-0.05, 0) is 36.6 Å². The highest BCUT2D eigenvalue weighted by Gasteiger charge is 2.28. The van der Waals surface area contributed by atoms with Crippen LogP contribution in [0.2, 0.25) is 0 Å². The fourth-order valence-electron chi connectivity index (χ4n) is 2.25. The predicted octanol–water partition coefficient (Wildman–Crippen LogP) is 2.99. The second kappa shape index (κ2) is 7.71. The maximum Gasteiger partial charge on any atom is 0.316 e. The van der Waals surface area contributed by atoms with Gasteiger partial charge >= 0.3 is 5.97 Å². The third-order valence-corrected chi connectivity index (χ3v) is 3.62. The topological polar surface area (TPSA) is 59.4 Å². The molecule has 1 unspecified atom stereocenters. The number of carbonyl (C=O) groups excluding carboxylic acids is 1. The van der Waals surface area contributed by atoms with Crippen LogP contribution in [0.5, 0.6) is 0 Å². The van der Waals surface area contributed by atoms with Crippen molar-refractivity contribution in [1.29, 1.82) is 0 Å². The number of ether oxygens (including phenoxy) is 1. The summed E-state index contributed by atoms with van der Waals surface area (Å²) < 4.78 is 5.37. The molecule has 4 nitrogen and oxygen atoms in total. The molecule has 1 N–H and O–H groups in total. The van der Waals surface area contributed by atoms with Crippen LogP contribution in [0, 0.1) is 6.92 Å². The highest BCUT2D eigenvalue weighted by molar-refractivity contribution is 5.79. The lowest BCUT2D eigenvalue weighted by molar-refractivity contribution is -0.149. The minimum absolute atomic E-state index is 0.181. The van der Waals surface area contributed by atoms with Crippen LogP contribution < -0.4 is 0 Å². The molecule has 0 aliphatic heterocycles. The zero-order chi connectivity index (χ0) is 15.9. The quantitative estimate of drug-likeness (QED) is 0.833. The van der Waals surface area contributed by atoms with E-state index >= 15 is 0 Å². The number of aliphatic hydroxyl groups is 1. The second-order valence-electron chi connectivity index (χ2n) is 5.33. The Hall–Kier alpha value is -2.20. The smallest absolute Gasteiger partial charge is 0.316 e. The first-order valence-corrected chi connectivity index (χ1v) is 7.42. The lowest BCUT2D eigenvalue weighted by Gasteiger charge is -2.21. The maximum absolute atomic E-state index is 12.4. The number of hydrogen-bond acceptors (Lipinski definition) is 4. The largest absolute Gasteiger partial charge is 0.460 e. The van der Waals surface area contributed by atoms with Crippen molar-refractivity contribution in [2.24, 2.45) is 0 Å². The van der Waals surface area contributed by atoms with E-state index in [4.69, 9.17) is 4.74 Å². The standard InChI is InChI=1S/C18H21NO3/c1-3-16(20)17(15-6-4-13(2)5-7-15)18(21)22-12-14-8-10-19-11-9-14/h4-11,16-17,20H,3,12H2,1-2H3/t16-,17?/m1/s1. The Balaban J connectivity index is 2.11. The summed E-state index contributed by atoms with van der Waals surface area (Å²) >= 11 is 0. The Morgan fingerprint density at radius 3 is 2.41 bits per heavy atom. The minimum Gasteiger partial charge on any atom is -0.460 e. The van der Waals surface area contributed by atoms with Crippen LogP contribution in [0.15, 0.2) is 48.8 Å². The molecule has 0 radical (unpaired) electrons. The van der Waals surface area contributed by atoms with E-state index in [1.165, 1.54) is 0 Å². The van der Waals surface area contributed by atoms with Crippen LogP contribution in [0.3, 0.4) is 0 Å². The molecule has 0 spiro atoms. The zero-order valence-electron chi connectivity index (χ0n) is 12.9. The fourth-order valence-corrected chi connectivity index (χ4v) is 2.25. The van der Waals surface area contributed by atoms with Gasteiger partial charge in [0.1, 0.15) is 12.5 Å². The molecule has 0 fully saturated rings. The first-order chi connectivity index (χ1) is 10.6. The van der Waals surface area contributed by atoms with Crippen LogP contribution in [-0.2, 0) is 16.1 Å². The molecule has 0 amide bonds. The molecule has 0 saturated heterocycles. The Bertz CT molecular complexity index is 595. The van der Waals surface area contributed by atoms with Crippen molar-refractivity contribution in [1.82, 2.24) is 4.98 Å². The SMILES string of the molecule is CC[C@@H](O)C(C(=O)OCc1ccncc1)c1ccc(C)cc1. The third-order valence-electron chi connectivity index (χ3n) is 3.62. The van der Waals surface area contributed by atoms with E-state index in [1.807, 2.05) is 38.1 Å². The van der Waals surface area contributed by atoms with Crippen molar-refractivity contribution in [3.05, 3.63) is 65.5 Å². The monoisotopic (exact) mass is 299 g/mol. The second-order valence-corrected chi connectivity index (χ2v) is 5.33. The molecule has 2 rings (SSSR count). The van der Waals surface area contributed by atoms with Gasteiger partial charge in [0.2, 0.25) is 0 Å². The highest BCUT2D eigenvalue weighted by atomic mass is 16.5. The van der Waals surface area contributed by atoms with Gasteiger partial charge in [-0.25, -0.2) is 0 Å². The molecular weight excluding hydrogens is 278 g/mol. The van der Waals surface area contributed by atoms with Gasteiger partial charge in [0, 0.05) is 12.4 Å². The molecule has 2 aromatic rings. The zero-order valence-corrected chi connectivity index (χ0v) is 12.9. The average Bonchev–Trinajstić information content (AvgIpc) is 2.55. The van der Waals surface area contributed by atoms with Gasteiger partial charge in [0.25, 0.3) is 0 Å². The van der Waals surface area contributed by atoms with Crippen LogP contribution >= 0.6 is 0 Å². The van der Waals surface area contributed by atoms with E-state index in [-0.39, 0.29) is 6.61 Å². The van der Waals surface area contributed by atoms with Crippen LogP contribution in [0.25, 0.3) is 0 Å². The molecule has 116 valence electrons. The van der Waals surface area contributed by atoms with Crippen molar-refractivity contribution in [2.75, 3.05) is 0 Å². The van der Waals surface area contributed by atoms with E-state index in [0.29, 0.717) is 6.42 Å². The van der Waals surface area contributed by atoms with Crippen molar-refractivity contribution in [3.63, 3.8) is 0 Å². The fraction of sp³-hybridized carbons (Fsp3) is 0.333. The van der Waals surface area contributed by atoms with Crippen LogP contribution in [0.4, 0.5) is 0 Å². The Morgan fingerprint density at radius 1 is 1.18 bits per heavy atom. The number of pyridine rings is 1. The Kier molecular flexibility index (Phi) is 5.67. The number of esters is 1. The highest BCUT2D eigenvalue weighted by Crippen LogP contribution is 2.24. The van der Waals surface area contributed by atoms with Gasteiger partial charge in [-0.3, -0.25) is 9.78 Å². The molecule has 0 bridgehead atoms. The number of hydrogen-bond donors (Lipinski definition) is 1. The molecule has 2 atom stereocenters. The normalized spacial score (nSPS) is 13.4. The predicted molar refractivity (Wildman–Crippen MR) is 84.3 cm³/mol. The van der Waals surface area contributed by atoms with Gasteiger partial charge in [-0.1, -0.05) is 36.8 Å². The molecule has 0 saturated carbocycles. The van der Waals surface area contributed by atoms with Crippen LogP contribution in [-0.4, -0.2) is 22.2 Å². The first kappa shape index (κ1) is 16.2. The van der Waals surface area contributed by atoms with Gasteiger partial charge in [0.05, 0.1) is 6.10 Å². The number of benzene rings is 1. The third kappa shape index (κ3) is 4.15. The van der Waals surface area contributed by atoms with Gasteiger partial charge in [0.15, 0.2) is 0 Å². The summed E-state index contributed by atoms with van der Waals surface area (Å²) in [6.45, 7) is 4.01. The Labute approximate surface area is 130 Å². The maximum atomic E-state index is 12.4. The molecule has 0 aliphatic carbocycles.